The lowest BCUT2D eigenvalue weighted by Crippen LogP contribution is -2.23. The number of nitrogens with one attached hydrogen (secondary N) is 1. The molecule has 1 aromatic rings. The first-order valence-corrected chi connectivity index (χ1v) is 6.06. The molecule has 1 rings (SSSR count). The molecule has 1 unspecified atom stereocenters. The number of nitrogens with zero attached hydrogens (tertiary/aromatic N) is 2. The SMILES string of the molecule is CCCOc1ccnc(NC(C)COCC)n1. The molecule has 0 amide bonds. The van der Waals surface area contributed by atoms with Gasteiger partial charge in [-0.15, -0.1) is 0 Å². The Morgan fingerprint density at radius 1 is 1.41 bits per heavy atom. The first-order chi connectivity index (χ1) is 8.26. The van der Waals surface area contributed by atoms with Crippen molar-refractivity contribution >= 4 is 5.95 Å². The van der Waals surface area contributed by atoms with Crippen molar-refractivity contribution in [3.05, 3.63) is 12.3 Å². The number of hydrogen-bond donors (Lipinski definition) is 1. The molecule has 0 saturated heterocycles. The van der Waals surface area contributed by atoms with Gasteiger partial charge in [0, 0.05) is 24.9 Å². The van der Waals surface area contributed by atoms with Crippen LogP contribution in [0.2, 0.25) is 0 Å². The van der Waals surface area contributed by atoms with Gasteiger partial charge in [-0.2, -0.15) is 4.98 Å². The Kier molecular flexibility index (Phi) is 6.32. The monoisotopic (exact) mass is 239 g/mol. The molecule has 96 valence electrons. The molecule has 0 radical (unpaired) electrons. The van der Waals surface area contributed by atoms with Gasteiger partial charge in [0.15, 0.2) is 0 Å². The molecule has 1 aromatic heterocycles. The molecule has 1 N–H and O–H groups in total. The molecule has 0 fully saturated rings. The van der Waals surface area contributed by atoms with Gasteiger partial charge in [0.1, 0.15) is 0 Å². The second-order valence-electron chi connectivity index (χ2n) is 3.77. The highest BCUT2D eigenvalue weighted by Crippen LogP contribution is 2.09. The van der Waals surface area contributed by atoms with Crippen LogP contribution in [0.5, 0.6) is 5.88 Å². The van der Waals surface area contributed by atoms with Crippen LogP contribution in [0.25, 0.3) is 0 Å². The summed E-state index contributed by atoms with van der Waals surface area (Å²) in [5.74, 6) is 1.18. The van der Waals surface area contributed by atoms with Gasteiger partial charge in [-0.1, -0.05) is 6.92 Å². The summed E-state index contributed by atoms with van der Waals surface area (Å²) in [5, 5.41) is 3.17. The molecule has 0 bridgehead atoms. The summed E-state index contributed by atoms with van der Waals surface area (Å²) in [6.07, 6.45) is 2.65. The highest BCUT2D eigenvalue weighted by atomic mass is 16.5. The third-order valence-electron chi connectivity index (χ3n) is 2.03. The highest BCUT2D eigenvalue weighted by molar-refractivity contribution is 5.28. The first-order valence-electron chi connectivity index (χ1n) is 6.06. The molecule has 0 aliphatic heterocycles. The van der Waals surface area contributed by atoms with Gasteiger partial charge in [0.2, 0.25) is 11.8 Å². The topological polar surface area (TPSA) is 56.3 Å². The average molecular weight is 239 g/mol. The van der Waals surface area contributed by atoms with E-state index in [0.717, 1.165) is 6.42 Å². The van der Waals surface area contributed by atoms with Crippen molar-refractivity contribution < 1.29 is 9.47 Å². The maximum absolute atomic E-state index is 5.44. The number of rotatable bonds is 8. The zero-order chi connectivity index (χ0) is 12.5. The van der Waals surface area contributed by atoms with Crippen molar-refractivity contribution in [1.29, 1.82) is 0 Å². The minimum absolute atomic E-state index is 0.177. The summed E-state index contributed by atoms with van der Waals surface area (Å²) in [5.41, 5.74) is 0. The van der Waals surface area contributed by atoms with Gasteiger partial charge in [-0.25, -0.2) is 4.98 Å². The van der Waals surface area contributed by atoms with Gasteiger partial charge in [-0.3, -0.25) is 0 Å². The predicted octanol–water partition coefficient (Wildman–Crippen LogP) is 2.10. The van der Waals surface area contributed by atoms with Gasteiger partial charge in [0.25, 0.3) is 0 Å². The second kappa shape index (κ2) is 7.84. The van der Waals surface area contributed by atoms with Crippen molar-refractivity contribution in [2.24, 2.45) is 0 Å². The van der Waals surface area contributed by atoms with E-state index >= 15 is 0 Å². The lowest BCUT2D eigenvalue weighted by molar-refractivity contribution is 0.141. The van der Waals surface area contributed by atoms with E-state index in [2.05, 4.69) is 22.2 Å². The quantitative estimate of drug-likeness (QED) is 0.753. The van der Waals surface area contributed by atoms with Gasteiger partial charge >= 0.3 is 0 Å². The van der Waals surface area contributed by atoms with Crippen LogP contribution in [0.3, 0.4) is 0 Å². The molecule has 1 atom stereocenters. The van der Waals surface area contributed by atoms with E-state index in [0.29, 0.717) is 31.6 Å². The molecule has 5 heteroatoms. The summed E-state index contributed by atoms with van der Waals surface area (Å²) in [6.45, 7) is 8.09. The van der Waals surface area contributed by atoms with Crippen LogP contribution in [0.15, 0.2) is 12.3 Å². The fourth-order valence-corrected chi connectivity index (χ4v) is 1.26. The molecule has 17 heavy (non-hydrogen) atoms. The summed E-state index contributed by atoms with van der Waals surface area (Å²) in [7, 11) is 0. The van der Waals surface area contributed by atoms with E-state index in [1.807, 2.05) is 13.8 Å². The lowest BCUT2D eigenvalue weighted by atomic mass is 10.4. The normalized spacial score (nSPS) is 12.2. The van der Waals surface area contributed by atoms with Crippen molar-refractivity contribution in [2.45, 2.75) is 33.2 Å². The second-order valence-corrected chi connectivity index (χ2v) is 3.77. The maximum Gasteiger partial charge on any atom is 0.226 e. The first kappa shape index (κ1) is 13.7. The third kappa shape index (κ3) is 5.49. The summed E-state index contributed by atoms with van der Waals surface area (Å²) >= 11 is 0. The molecule has 5 nitrogen and oxygen atoms in total. The smallest absolute Gasteiger partial charge is 0.226 e. The number of ether oxygens (including phenoxy) is 2. The Balaban J connectivity index is 2.47. The fraction of sp³-hybridized carbons (Fsp3) is 0.667. The molecular weight excluding hydrogens is 218 g/mol. The summed E-state index contributed by atoms with van der Waals surface area (Å²) in [6, 6.07) is 1.94. The Morgan fingerprint density at radius 3 is 2.94 bits per heavy atom. The molecule has 0 spiro atoms. The molecule has 0 saturated carbocycles. The highest BCUT2D eigenvalue weighted by Gasteiger charge is 2.05. The van der Waals surface area contributed by atoms with Crippen LogP contribution in [0.1, 0.15) is 27.2 Å². The molecule has 0 aliphatic rings. The number of aromatic nitrogens is 2. The number of anilines is 1. The largest absolute Gasteiger partial charge is 0.478 e. The van der Waals surface area contributed by atoms with Crippen molar-refractivity contribution in [3.63, 3.8) is 0 Å². The van der Waals surface area contributed by atoms with E-state index < -0.39 is 0 Å². The maximum atomic E-state index is 5.44. The van der Waals surface area contributed by atoms with Crippen molar-refractivity contribution in [1.82, 2.24) is 9.97 Å². The minimum Gasteiger partial charge on any atom is -0.478 e. The fourth-order valence-electron chi connectivity index (χ4n) is 1.26. The van der Waals surface area contributed by atoms with Crippen molar-refractivity contribution in [3.8, 4) is 5.88 Å². The van der Waals surface area contributed by atoms with E-state index in [4.69, 9.17) is 9.47 Å². The average Bonchev–Trinajstić information content (AvgIpc) is 2.34. The summed E-state index contributed by atoms with van der Waals surface area (Å²) in [4.78, 5) is 8.40. The summed E-state index contributed by atoms with van der Waals surface area (Å²) < 4.78 is 10.7. The molecule has 0 aliphatic carbocycles. The minimum atomic E-state index is 0.177. The van der Waals surface area contributed by atoms with Crippen LogP contribution in [0.4, 0.5) is 5.95 Å². The predicted molar refractivity (Wildman–Crippen MR) is 67.4 cm³/mol. The standard InChI is InChI=1S/C12H21N3O2/c1-4-8-17-11-6-7-13-12(15-11)14-10(3)9-16-5-2/h6-7,10H,4-5,8-9H2,1-3H3,(H,13,14,15). The van der Waals surface area contributed by atoms with E-state index in [1.165, 1.54) is 0 Å². The third-order valence-corrected chi connectivity index (χ3v) is 2.03. The van der Waals surface area contributed by atoms with Gasteiger partial charge in [-0.05, 0) is 20.3 Å². The zero-order valence-corrected chi connectivity index (χ0v) is 10.8. The molecular formula is C12H21N3O2. The Bertz CT molecular complexity index is 320. The van der Waals surface area contributed by atoms with Crippen LogP contribution in [0, 0.1) is 0 Å². The molecule has 0 aromatic carbocycles. The van der Waals surface area contributed by atoms with Crippen LogP contribution >= 0.6 is 0 Å². The van der Waals surface area contributed by atoms with E-state index in [9.17, 15) is 0 Å². The van der Waals surface area contributed by atoms with Crippen LogP contribution < -0.4 is 10.1 Å². The Morgan fingerprint density at radius 2 is 2.24 bits per heavy atom. The van der Waals surface area contributed by atoms with E-state index in [-0.39, 0.29) is 6.04 Å². The van der Waals surface area contributed by atoms with Crippen LogP contribution in [-0.4, -0.2) is 35.8 Å². The Labute approximate surface area is 103 Å². The van der Waals surface area contributed by atoms with E-state index in [1.54, 1.807) is 12.3 Å². The Hall–Kier alpha value is -1.36. The van der Waals surface area contributed by atoms with Crippen LogP contribution in [-0.2, 0) is 4.74 Å². The molecule has 1 heterocycles. The lowest BCUT2D eigenvalue weighted by Gasteiger charge is -2.13. The zero-order valence-electron chi connectivity index (χ0n) is 10.8. The van der Waals surface area contributed by atoms with Crippen molar-refractivity contribution in [2.75, 3.05) is 25.1 Å². The number of hydrogen-bond acceptors (Lipinski definition) is 5. The van der Waals surface area contributed by atoms with Gasteiger partial charge < -0.3 is 14.8 Å². The van der Waals surface area contributed by atoms with Gasteiger partial charge in [0.05, 0.1) is 13.2 Å².